The first kappa shape index (κ1) is 14.9. The number of imide groups is 1. The van der Waals surface area contributed by atoms with E-state index in [0.29, 0.717) is 19.6 Å². The molecule has 24 heavy (non-hydrogen) atoms. The van der Waals surface area contributed by atoms with Gasteiger partial charge in [0, 0.05) is 7.05 Å². The number of ether oxygens (including phenoxy) is 1. The van der Waals surface area contributed by atoms with Gasteiger partial charge >= 0.3 is 6.09 Å². The Hall–Kier alpha value is -2.63. The molecule has 2 fully saturated rings. The Kier molecular flexibility index (Phi) is 3.40. The van der Waals surface area contributed by atoms with Gasteiger partial charge in [-0.15, -0.1) is 0 Å². The first-order chi connectivity index (χ1) is 11.6. The summed E-state index contributed by atoms with van der Waals surface area (Å²) in [5.41, 5.74) is 1.89. The number of rotatable bonds is 2. The Balaban J connectivity index is 1.82. The van der Waals surface area contributed by atoms with Crippen LogP contribution in [-0.4, -0.2) is 53.9 Å². The number of hydrogen-bond acceptors (Lipinski definition) is 4. The van der Waals surface area contributed by atoms with E-state index in [-0.39, 0.29) is 11.8 Å². The van der Waals surface area contributed by atoms with Crippen LogP contribution in [0.3, 0.4) is 0 Å². The maximum atomic E-state index is 12.7. The number of benzene rings is 1. The third kappa shape index (κ3) is 2.06. The molecule has 6 heteroatoms. The minimum Gasteiger partial charge on any atom is -0.448 e. The highest BCUT2D eigenvalue weighted by atomic mass is 16.6. The molecule has 0 aromatic heterocycles. The molecule has 6 nitrogen and oxygen atoms in total. The molecule has 1 aromatic rings. The molecule has 2 saturated heterocycles. The van der Waals surface area contributed by atoms with Crippen molar-refractivity contribution in [2.45, 2.75) is 12.5 Å². The maximum absolute atomic E-state index is 12.7. The van der Waals surface area contributed by atoms with E-state index < -0.39 is 24.0 Å². The van der Waals surface area contributed by atoms with Gasteiger partial charge in [0.25, 0.3) is 0 Å². The number of amides is 3. The molecule has 0 radical (unpaired) electrons. The van der Waals surface area contributed by atoms with Gasteiger partial charge in [0.1, 0.15) is 6.61 Å². The van der Waals surface area contributed by atoms with E-state index in [1.807, 2.05) is 36.4 Å². The summed E-state index contributed by atoms with van der Waals surface area (Å²) in [5, 5.41) is 0. The van der Waals surface area contributed by atoms with E-state index in [4.69, 9.17) is 4.74 Å². The summed E-state index contributed by atoms with van der Waals surface area (Å²) in [6.45, 7) is 0.745. The highest BCUT2D eigenvalue weighted by Gasteiger charge is 2.54. The first-order valence-electron chi connectivity index (χ1n) is 8.10. The van der Waals surface area contributed by atoms with E-state index >= 15 is 0 Å². The lowest BCUT2D eigenvalue weighted by atomic mass is 9.74. The van der Waals surface area contributed by atoms with Crippen LogP contribution in [0.15, 0.2) is 36.4 Å². The Labute approximate surface area is 139 Å². The lowest BCUT2D eigenvalue weighted by Crippen LogP contribution is -2.48. The normalized spacial score (nSPS) is 29.6. The quantitative estimate of drug-likeness (QED) is 0.773. The van der Waals surface area contributed by atoms with Crippen LogP contribution in [-0.2, 0) is 14.3 Å². The molecule has 0 unspecified atom stereocenters. The van der Waals surface area contributed by atoms with Crippen LogP contribution in [0.4, 0.5) is 4.79 Å². The zero-order valence-corrected chi connectivity index (χ0v) is 13.3. The molecule has 3 amide bonds. The van der Waals surface area contributed by atoms with Gasteiger partial charge in [-0.25, -0.2) is 4.79 Å². The monoisotopic (exact) mass is 326 g/mol. The molecule has 2 heterocycles. The van der Waals surface area contributed by atoms with Crippen LogP contribution in [0.2, 0.25) is 0 Å². The van der Waals surface area contributed by atoms with Crippen molar-refractivity contribution in [3.63, 3.8) is 0 Å². The fourth-order valence-corrected chi connectivity index (χ4v) is 4.02. The van der Waals surface area contributed by atoms with Crippen molar-refractivity contribution in [2.24, 2.45) is 11.8 Å². The number of nitrogens with zero attached hydrogens (tertiary/aromatic N) is 2. The number of likely N-dealkylation sites (tertiary alicyclic amines) is 1. The average Bonchev–Trinajstić information content (AvgIpc) is 3.13. The molecule has 2 aliphatic heterocycles. The molecule has 0 bridgehead atoms. The number of carbonyl (C=O) groups excluding carboxylic acids is 3. The summed E-state index contributed by atoms with van der Waals surface area (Å²) >= 11 is 0. The molecule has 0 spiro atoms. The minimum absolute atomic E-state index is 0.161. The summed E-state index contributed by atoms with van der Waals surface area (Å²) < 4.78 is 5.09. The molecule has 0 N–H and O–H groups in total. The first-order valence-corrected chi connectivity index (χ1v) is 8.10. The van der Waals surface area contributed by atoms with Gasteiger partial charge < -0.3 is 4.74 Å². The van der Waals surface area contributed by atoms with Crippen molar-refractivity contribution in [3.05, 3.63) is 42.0 Å². The number of fused-ring (bicyclic) bond motifs is 1. The second-order valence-corrected chi connectivity index (χ2v) is 6.38. The van der Waals surface area contributed by atoms with Gasteiger partial charge in [-0.1, -0.05) is 36.4 Å². The third-order valence-corrected chi connectivity index (χ3v) is 5.18. The van der Waals surface area contributed by atoms with Gasteiger partial charge in [0.15, 0.2) is 0 Å². The number of hydrogen-bond donors (Lipinski definition) is 0. The zero-order valence-electron chi connectivity index (χ0n) is 13.3. The van der Waals surface area contributed by atoms with Crippen LogP contribution in [0, 0.1) is 11.8 Å². The lowest BCUT2D eigenvalue weighted by molar-refractivity contribution is -0.138. The van der Waals surface area contributed by atoms with Gasteiger partial charge in [-0.3, -0.25) is 19.4 Å². The molecule has 0 saturated carbocycles. The van der Waals surface area contributed by atoms with Gasteiger partial charge in [-0.05, 0) is 17.6 Å². The smallest absolute Gasteiger partial charge is 0.410 e. The Morgan fingerprint density at radius 1 is 1.08 bits per heavy atom. The summed E-state index contributed by atoms with van der Waals surface area (Å²) in [7, 11) is 1.52. The van der Waals surface area contributed by atoms with E-state index in [1.54, 1.807) is 4.90 Å². The van der Waals surface area contributed by atoms with Gasteiger partial charge in [0.05, 0.1) is 24.4 Å². The number of cyclic esters (lactones) is 1. The molecule has 1 aromatic carbocycles. The average molecular weight is 326 g/mol. The van der Waals surface area contributed by atoms with Crippen LogP contribution in [0.25, 0.3) is 5.57 Å². The molecule has 3 aliphatic rings. The second kappa shape index (κ2) is 5.47. The fraction of sp³-hybridized carbons (Fsp3) is 0.389. The van der Waals surface area contributed by atoms with E-state index in [0.717, 1.165) is 11.1 Å². The highest BCUT2D eigenvalue weighted by molar-refractivity contribution is 6.07. The van der Waals surface area contributed by atoms with Crippen LogP contribution < -0.4 is 0 Å². The van der Waals surface area contributed by atoms with Crippen molar-refractivity contribution in [2.75, 3.05) is 20.2 Å². The zero-order chi connectivity index (χ0) is 16.8. The Bertz CT molecular complexity index is 743. The summed E-state index contributed by atoms with van der Waals surface area (Å²) in [6.07, 6.45) is 2.10. The van der Waals surface area contributed by atoms with E-state index in [9.17, 15) is 14.4 Å². The van der Waals surface area contributed by atoms with Crippen LogP contribution in [0.1, 0.15) is 12.0 Å². The predicted octanol–water partition coefficient (Wildman–Crippen LogP) is 1.53. The second-order valence-electron chi connectivity index (χ2n) is 6.38. The molecular formula is C18H18N2O4. The standard InChI is InChI=1S/C18H18N2O4/c1-19-16(21)13-8-7-12(11-5-3-2-4-6-11)15(14(13)17(19)22)20-9-10-24-18(20)23/h2-7,13-15H,8-10H2,1H3/t13-,14-,15+/m1/s1. The van der Waals surface area contributed by atoms with Crippen molar-refractivity contribution < 1.29 is 19.1 Å². The SMILES string of the molecule is CN1C(=O)[C@@H]2[C@@H](CC=C(c3ccccc3)[C@@H]2N2CCOC2=O)C1=O. The van der Waals surface area contributed by atoms with Crippen molar-refractivity contribution in [3.8, 4) is 0 Å². The third-order valence-electron chi connectivity index (χ3n) is 5.18. The molecular weight excluding hydrogens is 308 g/mol. The fourth-order valence-electron chi connectivity index (χ4n) is 4.02. The molecule has 3 atom stereocenters. The number of carbonyl (C=O) groups is 3. The number of allylic oxidation sites excluding steroid dienone is 1. The van der Waals surface area contributed by atoms with Crippen LogP contribution in [0.5, 0.6) is 0 Å². The van der Waals surface area contributed by atoms with Crippen molar-refractivity contribution in [1.82, 2.24) is 9.80 Å². The van der Waals surface area contributed by atoms with Gasteiger partial charge in [0.2, 0.25) is 11.8 Å². The largest absolute Gasteiger partial charge is 0.448 e. The van der Waals surface area contributed by atoms with Gasteiger partial charge in [-0.2, -0.15) is 0 Å². The summed E-state index contributed by atoms with van der Waals surface area (Å²) in [6, 6.07) is 9.25. The Morgan fingerprint density at radius 3 is 2.50 bits per heavy atom. The predicted molar refractivity (Wildman–Crippen MR) is 85.6 cm³/mol. The van der Waals surface area contributed by atoms with Crippen molar-refractivity contribution in [1.29, 1.82) is 0 Å². The highest BCUT2D eigenvalue weighted by Crippen LogP contribution is 2.43. The van der Waals surface area contributed by atoms with Crippen molar-refractivity contribution >= 4 is 23.5 Å². The minimum atomic E-state index is -0.534. The summed E-state index contributed by atoms with van der Waals surface area (Å²) in [5.74, 6) is -1.30. The summed E-state index contributed by atoms with van der Waals surface area (Å²) in [4.78, 5) is 40.0. The Morgan fingerprint density at radius 2 is 1.83 bits per heavy atom. The molecule has 1 aliphatic carbocycles. The van der Waals surface area contributed by atoms with Crippen LogP contribution >= 0.6 is 0 Å². The van der Waals surface area contributed by atoms with E-state index in [1.165, 1.54) is 11.9 Å². The topological polar surface area (TPSA) is 66.9 Å². The lowest BCUT2D eigenvalue weighted by Gasteiger charge is -2.36. The van der Waals surface area contributed by atoms with E-state index in [2.05, 4.69) is 0 Å². The molecule has 124 valence electrons. The molecule has 4 rings (SSSR count). The maximum Gasteiger partial charge on any atom is 0.410 e.